The SMILES string of the molecule is CC(CCl)COc1cc(C(=O)O)nc2ccc(F)cc12. The normalized spacial score (nSPS) is 12.3. The number of carbonyl (C=O) groups is 1. The van der Waals surface area contributed by atoms with Gasteiger partial charge in [-0.05, 0) is 18.2 Å². The van der Waals surface area contributed by atoms with E-state index >= 15 is 0 Å². The molecule has 0 radical (unpaired) electrons. The van der Waals surface area contributed by atoms with Gasteiger partial charge in [0.25, 0.3) is 0 Å². The molecule has 0 aliphatic carbocycles. The third-order valence-electron chi connectivity index (χ3n) is 2.74. The Bertz CT molecular complexity index is 648. The fraction of sp³-hybridized carbons (Fsp3) is 0.286. The van der Waals surface area contributed by atoms with E-state index in [1.165, 1.54) is 24.3 Å². The van der Waals surface area contributed by atoms with Gasteiger partial charge in [0.1, 0.15) is 11.6 Å². The van der Waals surface area contributed by atoms with Crippen LogP contribution < -0.4 is 4.74 Å². The molecule has 1 N–H and O–H groups in total. The highest BCUT2D eigenvalue weighted by Crippen LogP contribution is 2.27. The van der Waals surface area contributed by atoms with Gasteiger partial charge in [-0.15, -0.1) is 11.6 Å². The highest BCUT2D eigenvalue weighted by atomic mass is 35.5. The Morgan fingerprint density at radius 1 is 1.50 bits per heavy atom. The van der Waals surface area contributed by atoms with Crippen molar-refractivity contribution in [1.82, 2.24) is 4.98 Å². The number of halogens is 2. The zero-order valence-electron chi connectivity index (χ0n) is 10.8. The molecule has 1 atom stereocenters. The predicted octanol–water partition coefficient (Wildman–Crippen LogP) is 3.33. The molecular formula is C14H13ClFNO3. The molecule has 2 aromatic rings. The van der Waals surface area contributed by atoms with E-state index in [9.17, 15) is 9.18 Å². The number of carboxylic acids is 1. The summed E-state index contributed by atoms with van der Waals surface area (Å²) < 4.78 is 18.9. The smallest absolute Gasteiger partial charge is 0.354 e. The molecule has 1 heterocycles. The summed E-state index contributed by atoms with van der Waals surface area (Å²) in [5, 5.41) is 9.48. The Morgan fingerprint density at radius 2 is 2.25 bits per heavy atom. The highest BCUT2D eigenvalue weighted by molar-refractivity contribution is 6.18. The van der Waals surface area contributed by atoms with Gasteiger partial charge >= 0.3 is 5.97 Å². The van der Waals surface area contributed by atoms with Crippen molar-refractivity contribution in [3.63, 3.8) is 0 Å². The fourth-order valence-corrected chi connectivity index (χ4v) is 1.76. The molecule has 0 aliphatic heterocycles. The fourth-order valence-electron chi connectivity index (χ4n) is 1.67. The van der Waals surface area contributed by atoms with Crippen LogP contribution in [0.1, 0.15) is 17.4 Å². The van der Waals surface area contributed by atoms with Crippen LogP contribution in [0.4, 0.5) is 4.39 Å². The largest absolute Gasteiger partial charge is 0.492 e. The molecule has 1 aromatic carbocycles. The Labute approximate surface area is 120 Å². The van der Waals surface area contributed by atoms with Crippen LogP contribution in [-0.4, -0.2) is 28.5 Å². The first-order chi connectivity index (χ1) is 9.51. The molecule has 0 spiro atoms. The number of nitrogens with zero attached hydrogens (tertiary/aromatic N) is 1. The monoisotopic (exact) mass is 297 g/mol. The minimum Gasteiger partial charge on any atom is -0.492 e. The average molecular weight is 298 g/mol. The first-order valence-corrected chi connectivity index (χ1v) is 6.57. The number of hydrogen-bond donors (Lipinski definition) is 1. The minimum atomic E-state index is -1.16. The number of alkyl halides is 1. The molecule has 2 rings (SSSR count). The molecule has 4 nitrogen and oxygen atoms in total. The van der Waals surface area contributed by atoms with Gasteiger partial charge in [0.05, 0.1) is 12.1 Å². The summed E-state index contributed by atoms with van der Waals surface area (Å²) in [6.45, 7) is 2.22. The number of carboxylic acid groups (broad SMARTS) is 1. The second-order valence-corrected chi connectivity index (χ2v) is 4.85. The van der Waals surface area contributed by atoms with Gasteiger partial charge in [0.2, 0.25) is 0 Å². The molecule has 0 amide bonds. The summed E-state index contributed by atoms with van der Waals surface area (Å²) in [5.74, 6) is -0.780. The third kappa shape index (κ3) is 3.17. The lowest BCUT2D eigenvalue weighted by Gasteiger charge is -2.13. The van der Waals surface area contributed by atoms with Crippen molar-refractivity contribution in [1.29, 1.82) is 0 Å². The summed E-state index contributed by atoms with van der Waals surface area (Å²) in [7, 11) is 0. The summed E-state index contributed by atoms with van der Waals surface area (Å²) in [5.41, 5.74) is 0.234. The number of benzene rings is 1. The van der Waals surface area contributed by atoms with E-state index in [0.717, 1.165) is 0 Å². The van der Waals surface area contributed by atoms with Crippen molar-refractivity contribution in [3.8, 4) is 5.75 Å². The van der Waals surface area contributed by atoms with E-state index in [-0.39, 0.29) is 11.6 Å². The van der Waals surface area contributed by atoms with E-state index in [4.69, 9.17) is 21.4 Å². The maximum atomic E-state index is 13.3. The van der Waals surface area contributed by atoms with Gasteiger partial charge in [-0.1, -0.05) is 6.92 Å². The van der Waals surface area contributed by atoms with Crippen LogP contribution in [0.5, 0.6) is 5.75 Å². The van der Waals surface area contributed by atoms with Gasteiger partial charge in [-0.2, -0.15) is 0 Å². The molecule has 0 fully saturated rings. The minimum absolute atomic E-state index is 0.0988. The molecule has 6 heteroatoms. The standard InChI is InChI=1S/C14H13ClFNO3/c1-8(6-15)7-20-13-5-12(14(18)19)17-11-3-2-9(16)4-10(11)13/h2-5,8H,6-7H2,1H3,(H,18,19). The number of hydrogen-bond acceptors (Lipinski definition) is 3. The van der Waals surface area contributed by atoms with Gasteiger partial charge in [0.15, 0.2) is 5.69 Å². The predicted molar refractivity (Wildman–Crippen MR) is 74.0 cm³/mol. The Hall–Kier alpha value is -1.88. The second-order valence-electron chi connectivity index (χ2n) is 4.54. The van der Waals surface area contributed by atoms with Crippen LogP contribution in [0.3, 0.4) is 0 Å². The summed E-state index contributed by atoms with van der Waals surface area (Å²) in [4.78, 5) is 15.0. The van der Waals surface area contributed by atoms with Crippen LogP contribution in [0, 0.1) is 11.7 Å². The molecule has 0 saturated carbocycles. The van der Waals surface area contributed by atoms with Gasteiger partial charge in [0, 0.05) is 23.3 Å². The van der Waals surface area contributed by atoms with Crippen molar-refractivity contribution in [2.45, 2.75) is 6.92 Å². The first kappa shape index (κ1) is 14.5. The van der Waals surface area contributed by atoms with Crippen molar-refractivity contribution in [2.24, 2.45) is 5.92 Å². The number of pyridine rings is 1. The topological polar surface area (TPSA) is 59.4 Å². The molecule has 0 saturated heterocycles. The Morgan fingerprint density at radius 3 is 2.90 bits per heavy atom. The second kappa shape index (κ2) is 6.05. The summed E-state index contributed by atoms with van der Waals surface area (Å²) in [6.07, 6.45) is 0. The van der Waals surface area contributed by atoms with Crippen LogP contribution in [0.2, 0.25) is 0 Å². The van der Waals surface area contributed by atoms with E-state index in [0.29, 0.717) is 29.1 Å². The maximum Gasteiger partial charge on any atom is 0.354 e. The molecule has 20 heavy (non-hydrogen) atoms. The molecule has 1 unspecified atom stereocenters. The average Bonchev–Trinajstić information content (AvgIpc) is 2.44. The lowest BCUT2D eigenvalue weighted by atomic mass is 10.1. The number of aromatic carboxylic acids is 1. The van der Waals surface area contributed by atoms with E-state index < -0.39 is 11.8 Å². The van der Waals surface area contributed by atoms with E-state index in [2.05, 4.69) is 4.98 Å². The van der Waals surface area contributed by atoms with Crippen molar-refractivity contribution in [3.05, 3.63) is 35.8 Å². The third-order valence-corrected chi connectivity index (χ3v) is 3.27. The Balaban J connectivity index is 2.47. The number of fused-ring (bicyclic) bond motifs is 1. The van der Waals surface area contributed by atoms with Crippen LogP contribution in [-0.2, 0) is 0 Å². The molecule has 0 bridgehead atoms. The zero-order chi connectivity index (χ0) is 14.7. The van der Waals surface area contributed by atoms with Gasteiger partial charge in [-0.25, -0.2) is 14.2 Å². The highest BCUT2D eigenvalue weighted by Gasteiger charge is 2.13. The van der Waals surface area contributed by atoms with Gasteiger partial charge < -0.3 is 9.84 Å². The molecule has 1 aromatic heterocycles. The van der Waals surface area contributed by atoms with Crippen molar-refractivity contribution < 1.29 is 19.0 Å². The van der Waals surface area contributed by atoms with Crippen molar-refractivity contribution >= 4 is 28.5 Å². The molecular weight excluding hydrogens is 285 g/mol. The van der Waals surface area contributed by atoms with Gasteiger partial charge in [-0.3, -0.25) is 0 Å². The molecule has 106 valence electrons. The van der Waals surface area contributed by atoms with Crippen LogP contribution in [0.15, 0.2) is 24.3 Å². The molecule has 0 aliphatic rings. The van der Waals surface area contributed by atoms with Crippen molar-refractivity contribution in [2.75, 3.05) is 12.5 Å². The van der Waals surface area contributed by atoms with E-state index in [1.807, 2.05) is 6.92 Å². The lowest BCUT2D eigenvalue weighted by Crippen LogP contribution is -2.11. The number of aromatic nitrogens is 1. The summed E-state index contributed by atoms with van der Waals surface area (Å²) >= 11 is 5.70. The first-order valence-electron chi connectivity index (χ1n) is 6.03. The number of rotatable bonds is 5. The zero-order valence-corrected chi connectivity index (χ0v) is 11.5. The maximum absolute atomic E-state index is 13.3. The van der Waals surface area contributed by atoms with Crippen LogP contribution >= 0.6 is 11.6 Å². The Kier molecular flexibility index (Phi) is 4.39. The summed E-state index contributed by atoms with van der Waals surface area (Å²) in [6, 6.07) is 5.22. The lowest BCUT2D eigenvalue weighted by molar-refractivity contribution is 0.0690. The van der Waals surface area contributed by atoms with Crippen LogP contribution in [0.25, 0.3) is 10.9 Å². The quantitative estimate of drug-likeness (QED) is 0.860. The number of ether oxygens (including phenoxy) is 1. The van der Waals surface area contributed by atoms with E-state index in [1.54, 1.807) is 0 Å².